The van der Waals surface area contributed by atoms with E-state index in [1.165, 1.54) is 31.6 Å². The SMILES string of the molecule is C[C@@H](C(=O)N[C@@H](CCCN=C(N)N)C(=O)N[C@@H](Cc1c[nH]c2ccccc12)C(=O)NCC(=O)O)N(C(=O)[C@H](Cc1cnc[nH]1)NC(=O)[C@@](CCC(=O)O)(C(N)=O)N(CCCl)N=O)c1ccccc1. The average molecular weight is 965 g/mol. The molecular formula is C42H53ClN14O11. The fourth-order valence-electron chi connectivity index (χ4n) is 7.25. The van der Waals surface area contributed by atoms with Gasteiger partial charge in [-0.2, -0.15) is 0 Å². The number of guanidine groups is 1. The number of nitrogens with two attached hydrogens (primary N) is 3. The average Bonchev–Trinajstić information content (AvgIpc) is 3.98. The maximum atomic E-state index is 15.0. The Morgan fingerprint density at radius 1 is 0.853 bits per heavy atom. The molecule has 4 aromatic rings. The first kappa shape index (κ1) is 52.5. The van der Waals surface area contributed by atoms with Crippen molar-refractivity contribution in [2.75, 3.05) is 30.4 Å². The number of carbonyl (C=O) groups is 8. The van der Waals surface area contributed by atoms with Gasteiger partial charge in [-0.05, 0) is 43.5 Å². The van der Waals surface area contributed by atoms with Crippen LogP contribution >= 0.6 is 11.6 Å². The number of nitroso groups, excluding NO2 is 1. The smallest absolute Gasteiger partial charge is 0.322 e. The Morgan fingerprint density at radius 2 is 1.54 bits per heavy atom. The van der Waals surface area contributed by atoms with E-state index in [0.29, 0.717) is 10.6 Å². The van der Waals surface area contributed by atoms with E-state index in [1.807, 2.05) is 0 Å². The van der Waals surface area contributed by atoms with Gasteiger partial charge in [0.05, 0.1) is 18.2 Å². The van der Waals surface area contributed by atoms with Crippen LogP contribution in [0.3, 0.4) is 0 Å². The molecule has 0 fully saturated rings. The topological polar surface area (TPSA) is 396 Å². The molecule has 0 saturated heterocycles. The minimum atomic E-state index is -2.77. The van der Waals surface area contributed by atoms with Gasteiger partial charge in [0.25, 0.3) is 17.7 Å². The van der Waals surface area contributed by atoms with Gasteiger partial charge in [0.2, 0.25) is 23.3 Å². The number of halogens is 1. The van der Waals surface area contributed by atoms with Gasteiger partial charge in [0.1, 0.15) is 30.7 Å². The second-order valence-corrected chi connectivity index (χ2v) is 15.7. The van der Waals surface area contributed by atoms with E-state index in [-0.39, 0.29) is 55.4 Å². The summed E-state index contributed by atoms with van der Waals surface area (Å²) in [6.07, 6.45) is 2.04. The summed E-state index contributed by atoms with van der Waals surface area (Å²) in [5, 5.41) is 32.7. The molecule has 25 nitrogen and oxygen atoms in total. The van der Waals surface area contributed by atoms with Crippen molar-refractivity contribution in [3.8, 4) is 0 Å². The van der Waals surface area contributed by atoms with Crippen LogP contribution in [0.25, 0.3) is 10.9 Å². The number of rotatable bonds is 28. The van der Waals surface area contributed by atoms with E-state index < -0.39 is 103 Å². The summed E-state index contributed by atoms with van der Waals surface area (Å²) in [6, 6.07) is 8.82. The number of imidazole rings is 1. The van der Waals surface area contributed by atoms with Crippen molar-refractivity contribution in [1.29, 1.82) is 0 Å². The molecule has 2 aromatic carbocycles. The molecule has 0 radical (unpaired) electrons. The maximum Gasteiger partial charge on any atom is 0.322 e. The van der Waals surface area contributed by atoms with Gasteiger partial charge in [0.15, 0.2) is 5.96 Å². The number of hydrogen-bond donors (Lipinski definition) is 11. The third-order valence-electron chi connectivity index (χ3n) is 10.7. The molecule has 26 heteroatoms. The van der Waals surface area contributed by atoms with Crippen LogP contribution in [0, 0.1) is 4.91 Å². The fraction of sp³-hybridized carbons (Fsp3) is 0.381. The predicted octanol–water partition coefficient (Wildman–Crippen LogP) is -0.882. The molecule has 0 saturated carbocycles. The monoisotopic (exact) mass is 964 g/mol. The van der Waals surface area contributed by atoms with Crippen LogP contribution in [0.1, 0.15) is 43.9 Å². The molecule has 0 aliphatic heterocycles. The van der Waals surface area contributed by atoms with Crippen molar-refractivity contribution in [3.05, 3.63) is 89.5 Å². The number of aromatic amines is 2. The molecule has 5 atom stereocenters. The molecule has 0 unspecified atom stereocenters. The summed E-state index contributed by atoms with van der Waals surface area (Å²) in [4.78, 5) is 135. The highest BCUT2D eigenvalue weighted by molar-refractivity contribution is 6.18. The molecule has 14 N–H and O–H groups in total. The number of carboxylic acid groups (broad SMARTS) is 2. The summed E-state index contributed by atoms with van der Waals surface area (Å²) in [5.41, 5.74) is 15.7. The molecule has 0 aliphatic rings. The lowest BCUT2D eigenvalue weighted by Gasteiger charge is -2.38. The van der Waals surface area contributed by atoms with E-state index in [1.54, 1.807) is 48.7 Å². The molecule has 0 bridgehead atoms. The van der Waals surface area contributed by atoms with Crippen molar-refractivity contribution in [3.63, 3.8) is 0 Å². The number of nitrogens with one attached hydrogen (secondary N) is 6. The Balaban J connectivity index is 1.73. The maximum absolute atomic E-state index is 15.0. The number of fused-ring (bicyclic) bond motifs is 1. The number of benzene rings is 2. The van der Waals surface area contributed by atoms with Crippen molar-refractivity contribution in [2.24, 2.45) is 27.5 Å². The number of aliphatic imine (C=N–C) groups is 1. The van der Waals surface area contributed by atoms with Gasteiger partial charge < -0.3 is 58.6 Å². The Labute approximate surface area is 392 Å². The zero-order chi connectivity index (χ0) is 50.0. The van der Waals surface area contributed by atoms with Crippen molar-refractivity contribution in [2.45, 2.75) is 75.2 Å². The van der Waals surface area contributed by atoms with E-state index in [2.05, 4.69) is 46.5 Å². The number of hydrogen-bond acceptors (Lipinski definition) is 12. The van der Waals surface area contributed by atoms with Gasteiger partial charge in [-0.1, -0.05) is 36.4 Å². The summed E-state index contributed by atoms with van der Waals surface area (Å²) >= 11 is 5.86. The Kier molecular flexibility index (Phi) is 19.3. The highest BCUT2D eigenvalue weighted by Gasteiger charge is 2.52. The molecule has 0 spiro atoms. The van der Waals surface area contributed by atoms with E-state index in [0.717, 1.165) is 15.8 Å². The first-order valence-corrected chi connectivity index (χ1v) is 21.5. The number of anilines is 1. The number of carbonyl (C=O) groups excluding carboxylic acids is 6. The molecule has 6 amide bonds. The standard InChI is InChI=1S/C42H53ClN14O11/c1-24(35(62)52-30(12-7-16-48-41(45)46)37(64)53-31(36(63)50-22-34(60)61)18-25-20-49-29-11-6-5-10-28(25)29)57(27-8-3-2-4-9-27)38(65)32(19-26-21-47-23-51-26)54-40(67)42(39(44)66,14-13-33(58)59)56(55-68)17-15-43/h2-6,8-11,20-21,23-24,30-32,49H,7,12-19,22H2,1H3,(H2,44,66)(H,47,51)(H,50,63)(H,52,62)(H,53,64)(H,54,67)(H,58,59)(H,60,61)(H4,45,46,48)/t24-,30-,31-,32-,42+/m0/s1. The van der Waals surface area contributed by atoms with E-state index in [9.17, 15) is 48.7 Å². The van der Waals surface area contributed by atoms with Gasteiger partial charge in [0, 0.05) is 72.8 Å². The van der Waals surface area contributed by atoms with Gasteiger partial charge in [-0.25, -0.2) is 9.99 Å². The van der Waals surface area contributed by atoms with E-state index in [4.69, 9.17) is 28.8 Å². The third kappa shape index (κ3) is 14.0. The predicted molar refractivity (Wildman–Crippen MR) is 246 cm³/mol. The molecule has 68 heavy (non-hydrogen) atoms. The van der Waals surface area contributed by atoms with Crippen LogP contribution in [-0.4, -0.2) is 139 Å². The number of alkyl halides is 1. The van der Waals surface area contributed by atoms with Crippen LogP contribution in [0.2, 0.25) is 0 Å². The Hall–Kier alpha value is -8.09. The molecule has 364 valence electrons. The molecule has 2 aromatic heterocycles. The quantitative estimate of drug-likeness (QED) is 0.00626. The number of carboxylic acids is 2. The first-order valence-electron chi connectivity index (χ1n) is 21.0. The molecule has 2 heterocycles. The van der Waals surface area contributed by atoms with Crippen molar-refractivity contribution < 1.29 is 48.6 Å². The van der Waals surface area contributed by atoms with Gasteiger partial charge in [-0.3, -0.25) is 48.2 Å². The lowest BCUT2D eigenvalue weighted by Crippen LogP contribution is -2.67. The summed E-state index contributed by atoms with van der Waals surface area (Å²) in [7, 11) is 0. The lowest BCUT2D eigenvalue weighted by molar-refractivity contribution is -0.148. The molecular weight excluding hydrogens is 912 g/mol. The highest BCUT2D eigenvalue weighted by Crippen LogP contribution is 2.26. The lowest BCUT2D eigenvalue weighted by atomic mass is 9.89. The summed E-state index contributed by atoms with van der Waals surface area (Å²) < 4.78 is 0. The van der Waals surface area contributed by atoms with Crippen LogP contribution in [-0.2, 0) is 51.2 Å². The first-order chi connectivity index (χ1) is 32.4. The zero-order valence-electron chi connectivity index (χ0n) is 36.7. The minimum absolute atomic E-state index is 0.0141. The van der Waals surface area contributed by atoms with Crippen molar-refractivity contribution in [1.82, 2.24) is 41.2 Å². The number of H-pyrrole nitrogens is 2. The number of aromatic nitrogens is 3. The number of nitrogens with zero attached hydrogens (tertiary/aromatic N) is 5. The van der Waals surface area contributed by atoms with Crippen molar-refractivity contribution >= 4 is 81.5 Å². The van der Waals surface area contributed by atoms with Gasteiger partial charge >= 0.3 is 11.9 Å². The second-order valence-electron chi connectivity index (χ2n) is 15.3. The van der Waals surface area contributed by atoms with Crippen LogP contribution in [0.4, 0.5) is 5.69 Å². The normalized spacial score (nSPS) is 13.6. The third-order valence-corrected chi connectivity index (χ3v) is 10.8. The number of amides is 6. The Morgan fingerprint density at radius 3 is 2.16 bits per heavy atom. The van der Waals surface area contributed by atoms with Crippen LogP contribution in [0.5, 0.6) is 0 Å². The Bertz CT molecular complexity index is 2450. The second kappa shape index (κ2) is 25.0. The highest BCUT2D eigenvalue weighted by atomic mass is 35.5. The van der Waals surface area contributed by atoms with Crippen LogP contribution in [0.15, 0.2) is 83.6 Å². The van der Waals surface area contributed by atoms with Gasteiger partial charge in [-0.15, -0.1) is 16.5 Å². The number of para-hydroxylation sites is 2. The largest absolute Gasteiger partial charge is 0.481 e. The van der Waals surface area contributed by atoms with E-state index >= 15 is 4.79 Å². The fourth-order valence-corrected chi connectivity index (χ4v) is 7.41. The van der Waals surface area contributed by atoms with Crippen LogP contribution < -0.4 is 43.4 Å². The summed E-state index contributed by atoms with van der Waals surface area (Å²) in [6.45, 7) is 0.0408. The number of aliphatic carboxylic acids is 2. The molecule has 0 aliphatic carbocycles. The minimum Gasteiger partial charge on any atom is -0.481 e. The zero-order valence-corrected chi connectivity index (χ0v) is 37.5. The summed E-state index contributed by atoms with van der Waals surface area (Å²) in [5.74, 6) is -9.88. The molecule has 4 rings (SSSR count). The number of primary amides is 1.